The second kappa shape index (κ2) is 3.05. The zero-order chi connectivity index (χ0) is 9.35. The normalized spacial score (nSPS) is 11.7. The van der Waals surface area contributed by atoms with Crippen molar-refractivity contribution in [3.63, 3.8) is 0 Å². The van der Waals surface area contributed by atoms with Crippen LogP contribution in [0.3, 0.4) is 0 Å². The van der Waals surface area contributed by atoms with Crippen LogP contribution in [0, 0.1) is 5.21 Å². The molecule has 0 aromatic carbocycles. The molecule has 1 heterocycles. The van der Waals surface area contributed by atoms with Crippen LogP contribution in [0.4, 0.5) is 0 Å². The van der Waals surface area contributed by atoms with Gasteiger partial charge in [0.05, 0.1) is 4.47 Å². The van der Waals surface area contributed by atoms with Gasteiger partial charge >= 0.3 is 0 Å². The molecule has 0 unspecified atom stereocenters. The van der Waals surface area contributed by atoms with E-state index in [4.69, 9.17) is 0 Å². The first-order valence-electron chi connectivity index (χ1n) is 3.80. The van der Waals surface area contributed by atoms with Crippen molar-refractivity contribution >= 4 is 15.9 Å². The zero-order valence-corrected chi connectivity index (χ0v) is 9.05. The number of hydrogen-bond acceptors (Lipinski definition) is 1. The molecule has 0 spiro atoms. The van der Waals surface area contributed by atoms with Crippen LogP contribution in [0.25, 0.3) is 0 Å². The number of pyridine rings is 1. The molecule has 0 N–H and O–H groups in total. The fourth-order valence-corrected chi connectivity index (χ4v) is 1.36. The smallest absolute Gasteiger partial charge is 0.198 e. The predicted octanol–water partition coefficient (Wildman–Crippen LogP) is 2.38. The minimum atomic E-state index is -0.0948. The number of halogens is 1. The average molecular weight is 230 g/mol. The molecule has 0 bridgehead atoms. The first-order valence-corrected chi connectivity index (χ1v) is 4.60. The molecule has 0 amide bonds. The summed E-state index contributed by atoms with van der Waals surface area (Å²) in [6.45, 7) is 6.06. The van der Waals surface area contributed by atoms with E-state index in [-0.39, 0.29) is 5.41 Å². The number of nitrogens with zero attached hydrogens (tertiary/aromatic N) is 1. The third-order valence-corrected chi connectivity index (χ3v) is 2.12. The van der Waals surface area contributed by atoms with Crippen LogP contribution >= 0.6 is 15.9 Å². The van der Waals surface area contributed by atoms with Crippen molar-refractivity contribution in [1.29, 1.82) is 0 Å². The maximum Gasteiger partial charge on any atom is 0.198 e. The predicted molar refractivity (Wildman–Crippen MR) is 51.8 cm³/mol. The molecule has 0 saturated carbocycles. The van der Waals surface area contributed by atoms with E-state index in [1.807, 2.05) is 32.9 Å². The van der Waals surface area contributed by atoms with Crippen LogP contribution in [-0.2, 0) is 5.41 Å². The summed E-state index contributed by atoms with van der Waals surface area (Å²) in [6.07, 6.45) is 1.53. The summed E-state index contributed by atoms with van der Waals surface area (Å²) < 4.78 is 1.72. The maximum absolute atomic E-state index is 11.4. The molecular weight excluding hydrogens is 218 g/mol. The molecule has 0 aliphatic carbocycles. The van der Waals surface area contributed by atoms with Gasteiger partial charge in [-0.1, -0.05) is 20.8 Å². The lowest BCUT2D eigenvalue weighted by Gasteiger charge is -2.16. The van der Waals surface area contributed by atoms with Crippen LogP contribution in [0.5, 0.6) is 0 Å². The minimum absolute atomic E-state index is 0.0948. The van der Waals surface area contributed by atoms with Crippen molar-refractivity contribution in [1.82, 2.24) is 0 Å². The lowest BCUT2D eigenvalue weighted by atomic mass is 9.92. The standard InChI is InChI=1S/C9H12BrNO/c1-9(2,3)8-5-4-7(10)6-11(8)12/h4-6H,1-3H3. The maximum atomic E-state index is 11.4. The summed E-state index contributed by atoms with van der Waals surface area (Å²) >= 11 is 3.24. The van der Waals surface area contributed by atoms with E-state index in [1.54, 1.807) is 0 Å². The van der Waals surface area contributed by atoms with Crippen molar-refractivity contribution in [2.75, 3.05) is 0 Å². The van der Waals surface area contributed by atoms with E-state index >= 15 is 0 Å². The number of aromatic nitrogens is 1. The molecule has 0 fully saturated rings. The van der Waals surface area contributed by atoms with Gasteiger partial charge in [-0.3, -0.25) is 0 Å². The van der Waals surface area contributed by atoms with Crippen LogP contribution in [0.15, 0.2) is 22.8 Å². The molecule has 2 nitrogen and oxygen atoms in total. The Balaban J connectivity index is 3.19. The number of hydrogen-bond donors (Lipinski definition) is 0. The molecule has 0 radical (unpaired) electrons. The Morgan fingerprint density at radius 2 is 1.92 bits per heavy atom. The average Bonchev–Trinajstić information content (AvgIpc) is 1.83. The Morgan fingerprint density at radius 3 is 2.33 bits per heavy atom. The van der Waals surface area contributed by atoms with Gasteiger partial charge in [0.2, 0.25) is 0 Å². The van der Waals surface area contributed by atoms with E-state index in [2.05, 4.69) is 15.9 Å². The zero-order valence-electron chi connectivity index (χ0n) is 7.47. The monoisotopic (exact) mass is 229 g/mol. The van der Waals surface area contributed by atoms with Crippen LogP contribution < -0.4 is 4.73 Å². The Kier molecular flexibility index (Phi) is 2.42. The second-order valence-electron chi connectivity index (χ2n) is 3.81. The third kappa shape index (κ3) is 1.97. The van der Waals surface area contributed by atoms with Crippen molar-refractivity contribution < 1.29 is 4.73 Å². The van der Waals surface area contributed by atoms with E-state index in [0.29, 0.717) is 0 Å². The fourth-order valence-electron chi connectivity index (χ4n) is 1.04. The Morgan fingerprint density at radius 1 is 1.33 bits per heavy atom. The lowest BCUT2D eigenvalue weighted by Crippen LogP contribution is -2.37. The van der Waals surface area contributed by atoms with Gasteiger partial charge in [-0.25, -0.2) is 0 Å². The fraction of sp³-hybridized carbons (Fsp3) is 0.444. The molecule has 1 aromatic heterocycles. The summed E-state index contributed by atoms with van der Waals surface area (Å²) in [5.74, 6) is 0. The molecule has 0 aliphatic heterocycles. The lowest BCUT2D eigenvalue weighted by molar-refractivity contribution is -0.618. The van der Waals surface area contributed by atoms with Gasteiger partial charge in [0.25, 0.3) is 0 Å². The van der Waals surface area contributed by atoms with Crippen LogP contribution in [0.2, 0.25) is 0 Å². The van der Waals surface area contributed by atoms with Crippen molar-refractivity contribution in [3.8, 4) is 0 Å². The van der Waals surface area contributed by atoms with Crippen molar-refractivity contribution in [2.24, 2.45) is 0 Å². The van der Waals surface area contributed by atoms with Gasteiger partial charge in [0.15, 0.2) is 11.9 Å². The molecule has 0 aliphatic rings. The van der Waals surface area contributed by atoms with E-state index < -0.39 is 0 Å². The Bertz CT molecular complexity index is 291. The van der Waals surface area contributed by atoms with Gasteiger partial charge < -0.3 is 5.21 Å². The van der Waals surface area contributed by atoms with Crippen molar-refractivity contribution in [3.05, 3.63) is 33.7 Å². The highest BCUT2D eigenvalue weighted by Gasteiger charge is 2.22. The highest BCUT2D eigenvalue weighted by atomic mass is 79.9. The van der Waals surface area contributed by atoms with Gasteiger partial charge in [-0.15, -0.1) is 0 Å². The van der Waals surface area contributed by atoms with Crippen molar-refractivity contribution in [2.45, 2.75) is 26.2 Å². The van der Waals surface area contributed by atoms with Crippen LogP contribution in [0.1, 0.15) is 26.5 Å². The molecule has 3 heteroatoms. The third-order valence-electron chi connectivity index (χ3n) is 1.65. The molecule has 1 aromatic rings. The highest BCUT2D eigenvalue weighted by Crippen LogP contribution is 2.19. The second-order valence-corrected chi connectivity index (χ2v) is 4.72. The molecule has 0 saturated heterocycles. The van der Waals surface area contributed by atoms with Crippen LogP contribution in [-0.4, -0.2) is 0 Å². The highest BCUT2D eigenvalue weighted by molar-refractivity contribution is 9.10. The summed E-state index contributed by atoms with van der Waals surface area (Å²) in [6, 6.07) is 3.73. The molecular formula is C9H12BrNO. The Hall–Kier alpha value is -0.570. The first kappa shape index (κ1) is 9.52. The SMILES string of the molecule is CC(C)(C)c1ccc(Br)c[n+]1[O-]. The molecule has 1 rings (SSSR count). The first-order chi connectivity index (χ1) is 5.41. The van der Waals surface area contributed by atoms with Gasteiger partial charge in [0, 0.05) is 11.5 Å². The van der Waals surface area contributed by atoms with Gasteiger partial charge in [0.1, 0.15) is 0 Å². The van der Waals surface area contributed by atoms with E-state index in [0.717, 1.165) is 14.9 Å². The number of rotatable bonds is 0. The quantitative estimate of drug-likeness (QED) is 0.496. The van der Waals surface area contributed by atoms with Gasteiger partial charge in [-0.05, 0) is 22.0 Å². The molecule has 12 heavy (non-hydrogen) atoms. The topological polar surface area (TPSA) is 26.9 Å². The molecule has 66 valence electrons. The summed E-state index contributed by atoms with van der Waals surface area (Å²) in [7, 11) is 0. The summed E-state index contributed by atoms with van der Waals surface area (Å²) in [4.78, 5) is 0. The Labute approximate surface area is 80.9 Å². The molecule has 0 atom stereocenters. The summed E-state index contributed by atoms with van der Waals surface area (Å²) in [5.41, 5.74) is 0.688. The van der Waals surface area contributed by atoms with Gasteiger partial charge in [-0.2, -0.15) is 4.73 Å². The largest absolute Gasteiger partial charge is 0.618 e. The van der Waals surface area contributed by atoms with E-state index in [1.165, 1.54) is 6.20 Å². The van der Waals surface area contributed by atoms with E-state index in [9.17, 15) is 5.21 Å². The summed E-state index contributed by atoms with van der Waals surface area (Å²) in [5, 5.41) is 11.4. The minimum Gasteiger partial charge on any atom is -0.618 e.